The summed E-state index contributed by atoms with van der Waals surface area (Å²) in [6.45, 7) is 26.2. The zero-order chi connectivity index (χ0) is 50.0. The Morgan fingerprint density at radius 2 is 1.74 bits per heavy atom. The normalized spacial score (nSPS) is 14.7. The molecule has 4 unspecified atom stereocenters. The number of hydrogen-bond donors (Lipinski definition) is 2. The largest absolute Gasteiger partial charge is 1.00 e. The first-order valence-corrected chi connectivity index (χ1v) is 23.6. The third-order valence-electron chi connectivity index (χ3n) is 11.9. The molecule has 2 amide bonds. The second kappa shape index (κ2) is 28.9. The Kier molecular flexibility index (Phi) is 25.4. The molecule has 1 fully saturated rings. The van der Waals surface area contributed by atoms with E-state index in [2.05, 4.69) is 96.9 Å². The van der Waals surface area contributed by atoms with Crippen molar-refractivity contribution in [1.82, 2.24) is 35.1 Å². The average Bonchev–Trinajstić information content (AvgIpc) is 3.89. The molecule has 0 bridgehead atoms. The molecular formula is C53H79N8NaO6. The Morgan fingerprint density at radius 1 is 1.04 bits per heavy atom. The van der Waals surface area contributed by atoms with Crippen molar-refractivity contribution in [2.45, 2.75) is 106 Å². The average molecular weight is 947 g/mol. The van der Waals surface area contributed by atoms with E-state index in [1.54, 1.807) is 33.5 Å². The monoisotopic (exact) mass is 947 g/mol. The van der Waals surface area contributed by atoms with Crippen LogP contribution >= 0.6 is 0 Å². The molecule has 0 spiro atoms. The minimum Gasteiger partial charge on any atom is -0.678 e. The molecule has 14 nitrogen and oxygen atoms in total. The van der Waals surface area contributed by atoms with E-state index in [-0.39, 0.29) is 77.4 Å². The fourth-order valence-electron chi connectivity index (χ4n) is 8.88. The zero-order valence-corrected chi connectivity index (χ0v) is 45.6. The van der Waals surface area contributed by atoms with Crippen molar-refractivity contribution < 1.29 is 58.2 Å². The molecule has 1 aliphatic heterocycles. The van der Waals surface area contributed by atoms with Gasteiger partial charge in [-0.1, -0.05) is 78.0 Å². The summed E-state index contributed by atoms with van der Waals surface area (Å²) in [6.07, 6.45) is 6.36. The molecule has 4 atom stereocenters. The number of pyridine rings is 1. The number of hydrazine groups is 1. The number of nitrogens with zero attached hydrogens (tertiary/aromatic N) is 5. The van der Waals surface area contributed by atoms with E-state index in [0.717, 1.165) is 88.0 Å². The summed E-state index contributed by atoms with van der Waals surface area (Å²) >= 11 is 0. The van der Waals surface area contributed by atoms with E-state index >= 15 is 0 Å². The number of likely N-dealkylation sites (tertiary alicyclic amines) is 1. The predicted octanol–water partition coefficient (Wildman–Crippen LogP) is 5.46. The quantitative estimate of drug-likeness (QED) is 0.0624. The molecule has 3 N–H and O–H groups in total. The van der Waals surface area contributed by atoms with E-state index in [1.807, 2.05) is 52.8 Å². The number of aromatic nitrogens is 2. The van der Waals surface area contributed by atoms with Gasteiger partial charge in [-0.25, -0.2) is 5.43 Å². The fourth-order valence-corrected chi connectivity index (χ4v) is 8.88. The molecule has 1 aliphatic rings. The number of methoxy groups -OCH3 is 1. The maximum Gasteiger partial charge on any atom is 1.00 e. The number of amides is 2. The van der Waals surface area contributed by atoms with E-state index in [0.29, 0.717) is 32.4 Å². The van der Waals surface area contributed by atoms with Crippen LogP contribution in [-0.4, -0.2) is 122 Å². The van der Waals surface area contributed by atoms with Crippen LogP contribution in [-0.2, 0) is 48.0 Å². The molecule has 0 saturated carbocycles. The Bertz CT molecular complexity index is 2220. The number of carbonyl (C=O) groups is 4. The Balaban J connectivity index is 0.00000107. The van der Waals surface area contributed by atoms with Crippen LogP contribution in [0.4, 0.5) is 0 Å². The van der Waals surface area contributed by atoms with Crippen LogP contribution in [0.3, 0.4) is 0 Å². The molecule has 15 heteroatoms. The number of benzene rings is 2. The second-order valence-corrected chi connectivity index (χ2v) is 18.6. The molecule has 5 rings (SSSR count). The topological polar surface area (TPSA) is 162 Å². The summed E-state index contributed by atoms with van der Waals surface area (Å²) < 4.78 is 13.4. The molecule has 68 heavy (non-hydrogen) atoms. The standard InChI is InChI=1S/C44H62N6O5.C7H11NO.C2H6N.Na/c1-13-46-49(11)43(53)37(47-42(52)40(28(3)4)48(9)10)23-31-20-29(5)21-33(22-31)32-17-18-38-35(24-32)36(25-44(7,8)26-55-27-51)41(50(38)14-2)34-16-15-19-45-39(34)30(6)54-12;1-2-8-4-3-7(5-8)6-9;1-2-3;/h15-22,24,27-28,30,37,40,46H,13-14,23,25-26H2,1-12H3,(H,47,52);2,6-7H,1,3-5H2;3H,2H2,1H3;/q;;-1;+1. The number of likely N-dealkylation sites (N-methyl/N-ethyl adjacent to an activating group) is 2. The number of fused-ring (bicyclic) bond motifs is 1. The molecular weight excluding hydrogens is 868 g/mol. The van der Waals surface area contributed by atoms with Gasteiger partial charge in [-0.15, -0.1) is 0 Å². The minimum absolute atomic E-state index is 0. The number of aldehydes is 1. The first-order chi connectivity index (χ1) is 31.8. The van der Waals surface area contributed by atoms with E-state index in [1.165, 1.54) is 5.01 Å². The molecule has 2 aromatic carbocycles. The van der Waals surface area contributed by atoms with Gasteiger partial charge in [0.15, 0.2) is 0 Å². The van der Waals surface area contributed by atoms with Crippen LogP contribution < -0.4 is 40.3 Å². The summed E-state index contributed by atoms with van der Waals surface area (Å²) in [7, 11) is 7.15. The molecule has 2 aromatic heterocycles. The number of hydrogen-bond acceptors (Lipinski definition) is 10. The van der Waals surface area contributed by atoms with E-state index in [4.69, 9.17) is 20.2 Å². The van der Waals surface area contributed by atoms with Crippen LogP contribution in [0.1, 0.15) is 90.3 Å². The number of rotatable bonds is 21. The van der Waals surface area contributed by atoms with E-state index < -0.39 is 6.04 Å². The van der Waals surface area contributed by atoms with Gasteiger partial charge < -0.3 is 34.8 Å². The van der Waals surface area contributed by atoms with E-state index in [9.17, 15) is 19.2 Å². The molecule has 0 radical (unpaired) electrons. The summed E-state index contributed by atoms with van der Waals surface area (Å²) in [6, 6.07) is 15.9. The van der Waals surface area contributed by atoms with Crippen molar-refractivity contribution in [3.8, 4) is 22.4 Å². The maximum absolute atomic E-state index is 13.8. The van der Waals surface area contributed by atoms with Crippen LogP contribution in [0.15, 0.2) is 67.5 Å². The van der Waals surface area contributed by atoms with Gasteiger partial charge in [0.2, 0.25) is 5.91 Å². The molecule has 3 heterocycles. The number of aryl methyl sites for hydroxylation is 2. The van der Waals surface area contributed by atoms with Crippen molar-refractivity contribution in [2.75, 3.05) is 61.0 Å². The van der Waals surface area contributed by atoms with Crippen molar-refractivity contribution in [2.24, 2.45) is 17.3 Å². The summed E-state index contributed by atoms with van der Waals surface area (Å²) in [5, 5.41) is 5.67. The predicted molar refractivity (Wildman–Crippen MR) is 271 cm³/mol. The van der Waals surface area contributed by atoms with Crippen molar-refractivity contribution in [1.29, 1.82) is 0 Å². The molecule has 368 valence electrons. The van der Waals surface area contributed by atoms with Gasteiger partial charge in [-0.05, 0) is 106 Å². The minimum atomic E-state index is -0.776. The number of nitrogens with one attached hydrogen (secondary N) is 3. The van der Waals surface area contributed by atoms with Gasteiger partial charge in [-0.2, -0.15) is 6.54 Å². The Morgan fingerprint density at radius 3 is 2.28 bits per heavy atom. The number of carbonyl (C=O) groups excluding carboxylic acids is 4. The SMILES string of the molecule is C=CN1CCC(C=O)C1.CCNN(C)C(=O)C(Cc1cc(C)cc(-c2ccc3c(c2)c(CC(C)(C)COC=O)c(-c2cccnc2C(C)OC)n3CC)c1)NC(=O)C(C(C)C)N(C)C.CC[NH-].[Na+]. The van der Waals surface area contributed by atoms with Gasteiger partial charge in [-0.3, -0.25) is 29.3 Å². The Hall–Kier alpha value is -4.41. The smallest absolute Gasteiger partial charge is 0.678 e. The van der Waals surface area contributed by atoms with Crippen LogP contribution in [0.2, 0.25) is 0 Å². The first kappa shape index (κ1) is 59.7. The van der Waals surface area contributed by atoms with Gasteiger partial charge >= 0.3 is 29.6 Å². The Labute approximate surface area is 429 Å². The molecule has 0 aliphatic carbocycles. The summed E-state index contributed by atoms with van der Waals surface area (Å²) in [4.78, 5) is 57.6. The fraction of sp³-hybridized carbons (Fsp3) is 0.528. The zero-order valence-electron chi connectivity index (χ0n) is 43.6. The van der Waals surface area contributed by atoms with Gasteiger partial charge in [0.05, 0.1) is 30.1 Å². The van der Waals surface area contributed by atoms with Crippen molar-refractivity contribution >= 4 is 35.5 Å². The van der Waals surface area contributed by atoms with Crippen LogP contribution in [0, 0.1) is 24.2 Å². The number of ether oxygens (including phenoxy) is 2. The third-order valence-corrected chi connectivity index (χ3v) is 11.9. The summed E-state index contributed by atoms with van der Waals surface area (Å²) in [5.74, 6) is -0.0776. The second-order valence-electron chi connectivity index (χ2n) is 18.6. The third kappa shape index (κ3) is 16.4. The van der Waals surface area contributed by atoms with Crippen LogP contribution in [0.25, 0.3) is 39.0 Å². The van der Waals surface area contributed by atoms with Gasteiger partial charge in [0.1, 0.15) is 12.3 Å². The molecule has 1 saturated heterocycles. The van der Waals surface area contributed by atoms with Crippen molar-refractivity contribution in [3.05, 3.63) is 95.6 Å². The first-order valence-electron chi connectivity index (χ1n) is 23.6. The van der Waals surface area contributed by atoms with Gasteiger partial charge in [0.25, 0.3) is 12.4 Å². The van der Waals surface area contributed by atoms with Crippen molar-refractivity contribution in [3.63, 3.8) is 0 Å². The maximum atomic E-state index is 13.8. The van der Waals surface area contributed by atoms with Gasteiger partial charge in [0, 0.05) is 80.8 Å². The van der Waals surface area contributed by atoms with Crippen LogP contribution in [0.5, 0.6) is 0 Å². The molecule has 4 aromatic rings. The summed E-state index contributed by atoms with van der Waals surface area (Å²) in [5.41, 5.74) is 18.1.